The van der Waals surface area contributed by atoms with E-state index in [0.29, 0.717) is 25.6 Å². The topological polar surface area (TPSA) is 53.6 Å². The zero-order chi connectivity index (χ0) is 17.7. The second-order valence-corrected chi connectivity index (χ2v) is 7.32. The minimum absolute atomic E-state index is 0.0175. The molecule has 0 aromatic heterocycles. The predicted molar refractivity (Wildman–Crippen MR) is 100 cm³/mol. The number of hydrogen-bond donors (Lipinski definition) is 2. The molecule has 1 saturated heterocycles. The van der Waals surface area contributed by atoms with E-state index in [1.165, 1.54) is 0 Å². The minimum atomic E-state index is 0.0175. The molecule has 1 aromatic carbocycles. The molecule has 132 valence electrons. The van der Waals surface area contributed by atoms with Crippen molar-refractivity contribution in [3.8, 4) is 5.75 Å². The summed E-state index contributed by atoms with van der Waals surface area (Å²) in [6, 6.07) is 8.02. The van der Waals surface area contributed by atoms with Gasteiger partial charge in [-0.2, -0.15) is 0 Å². The molecule has 1 fully saturated rings. The number of carbonyl (C=O) groups is 1. The van der Waals surface area contributed by atoms with Gasteiger partial charge in [0.15, 0.2) is 5.11 Å². The third-order valence-electron chi connectivity index (χ3n) is 4.27. The van der Waals surface area contributed by atoms with Gasteiger partial charge in [0.05, 0.1) is 7.11 Å². The quantitative estimate of drug-likeness (QED) is 0.773. The van der Waals surface area contributed by atoms with Crippen LogP contribution in [-0.4, -0.2) is 41.2 Å². The lowest BCUT2D eigenvalue weighted by Gasteiger charge is -2.44. The lowest BCUT2D eigenvalue weighted by atomic mass is 9.93. The lowest BCUT2D eigenvalue weighted by molar-refractivity contribution is -0.121. The maximum atomic E-state index is 12.1. The number of methoxy groups -OCH3 is 1. The molecule has 1 aliphatic heterocycles. The molecule has 1 heterocycles. The van der Waals surface area contributed by atoms with Crippen molar-refractivity contribution < 1.29 is 9.53 Å². The number of thiocarbonyl (C=S) groups is 1. The van der Waals surface area contributed by atoms with E-state index in [0.717, 1.165) is 22.8 Å². The Morgan fingerprint density at radius 2 is 2.08 bits per heavy atom. The van der Waals surface area contributed by atoms with E-state index in [1.807, 2.05) is 24.3 Å². The van der Waals surface area contributed by atoms with Gasteiger partial charge in [0.2, 0.25) is 5.91 Å². The van der Waals surface area contributed by atoms with Crippen LogP contribution in [0.15, 0.2) is 24.3 Å². The average Bonchev–Trinajstić information content (AvgIpc) is 2.51. The summed E-state index contributed by atoms with van der Waals surface area (Å²) in [6.07, 6.45) is 1.43. The van der Waals surface area contributed by atoms with Gasteiger partial charge in [-0.05, 0) is 57.1 Å². The summed E-state index contributed by atoms with van der Waals surface area (Å²) in [5, 5.41) is 7.03. The molecule has 0 spiro atoms. The number of ether oxygens (including phenoxy) is 1. The van der Waals surface area contributed by atoms with Gasteiger partial charge in [0.25, 0.3) is 0 Å². The van der Waals surface area contributed by atoms with Gasteiger partial charge < -0.3 is 20.3 Å². The van der Waals surface area contributed by atoms with Crippen molar-refractivity contribution in [2.24, 2.45) is 0 Å². The number of nitrogens with one attached hydrogen (secondary N) is 2. The van der Waals surface area contributed by atoms with Crippen molar-refractivity contribution in [2.45, 2.75) is 51.7 Å². The fraction of sp³-hybridized carbons (Fsp3) is 0.556. The van der Waals surface area contributed by atoms with Gasteiger partial charge in [0, 0.05) is 31.1 Å². The molecule has 1 atom stereocenters. The summed E-state index contributed by atoms with van der Waals surface area (Å²) < 4.78 is 5.12. The molecule has 0 saturated carbocycles. The van der Waals surface area contributed by atoms with Crippen LogP contribution in [0.25, 0.3) is 0 Å². The van der Waals surface area contributed by atoms with E-state index in [2.05, 4.69) is 36.3 Å². The van der Waals surface area contributed by atoms with Crippen LogP contribution in [0.1, 0.15) is 39.2 Å². The number of amides is 1. The molecule has 2 rings (SSSR count). The summed E-state index contributed by atoms with van der Waals surface area (Å²) >= 11 is 5.44. The SMILES string of the molecule is COc1ccc(CNC(=O)CCN2C(=S)NC(C)(C)C[C@@H]2C)cc1. The van der Waals surface area contributed by atoms with Crippen molar-refractivity contribution in [1.82, 2.24) is 15.5 Å². The van der Waals surface area contributed by atoms with E-state index in [-0.39, 0.29) is 11.4 Å². The van der Waals surface area contributed by atoms with Crippen LogP contribution in [0.4, 0.5) is 0 Å². The molecule has 0 aliphatic carbocycles. The van der Waals surface area contributed by atoms with Crippen molar-refractivity contribution in [3.05, 3.63) is 29.8 Å². The Hall–Kier alpha value is -1.82. The third kappa shape index (κ3) is 5.09. The van der Waals surface area contributed by atoms with Crippen LogP contribution < -0.4 is 15.4 Å². The second kappa shape index (κ2) is 7.83. The third-order valence-corrected chi connectivity index (χ3v) is 4.61. The summed E-state index contributed by atoms with van der Waals surface area (Å²) in [7, 11) is 1.64. The number of hydrogen-bond acceptors (Lipinski definition) is 3. The molecule has 24 heavy (non-hydrogen) atoms. The van der Waals surface area contributed by atoms with Crippen LogP contribution in [0.3, 0.4) is 0 Å². The standard InChI is InChI=1S/C18H27N3O2S/c1-13-11-18(2,3)20-17(24)21(13)10-9-16(22)19-12-14-5-7-15(23-4)8-6-14/h5-8,13H,9-12H2,1-4H3,(H,19,22)(H,20,24)/t13-/m0/s1. The molecule has 1 aliphatic rings. The molecule has 2 N–H and O–H groups in total. The zero-order valence-corrected chi connectivity index (χ0v) is 15.7. The maximum absolute atomic E-state index is 12.1. The number of nitrogens with zero attached hydrogens (tertiary/aromatic N) is 1. The van der Waals surface area contributed by atoms with Crippen LogP contribution >= 0.6 is 12.2 Å². The monoisotopic (exact) mass is 349 g/mol. The van der Waals surface area contributed by atoms with Gasteiger partial charge in [-0.15, -0.1) is 0 Å². The van der Waals surface area contributed by atoms with Crippen molar-refractivity contribution in [1.29, 1.82) is 0 Å². The molecule has 1 aromatic rings. The van der Waals surface area contributed by atoms with Gasteiger partial charge in [0.1, 0.15) is 5.75 Å². The van der Waals surface area contributed by atoms with Crippen molar-refractivity contribution in [2.75, 3.05) is 13.7 Å². The van der Waals surface area contributed by atoms with Gasteiger partial charge in [-0.3, -0.25) is 4.79 Å². The molecule has 0 radical (unpaired) electrons. The summed E-state index contributed by atoms with van der Waals surface area (Å²) in [5.41, 5.74) is 1.07. The highest BCUT2D eigenvalue weighted by molar-refractivity contribution is 7.80. The first-order valence-corrected chi connectivity index (χ1v) is 8.70. The number of rotatable bonds is 6. The van der Waals surface area contributed by atoms with E-state index in [9.17, 15) is 4.79 Å². The highest BCUT2D eigenvalue weighted by Gasteiger charge is 2.32. The van der Waals surface area contributed by atoms with Crippen LogP contribution in [0.2, 0.25) is 0 Å². The molecular formula is C18H27N3O2S. The highest BCUT2D eigenvalue weighted by atomic mass is 32.1. The van der Waals surface area contributed by atoms with Gasteiger partial charge in [-0.25, -0.2) is 0 Å². The van der Waals surface area contributed by atoms with E-state index < -0.39 is 0 Å². The Labute approximate surface area is 149 Å². The van der Waals surface area contributed by atoms with Crippen LogP contribution in [0.5, 0.6) is 5.75 Å². The van der Waals surface area contributed by atoms with Crippen molar-refractivity contribution in [3.63, 3.8) is 0 Å². The maximum Gasteiger partial charge on any atom is 0.222 e. The molecule has 1 amide bonds. The van der Waals surface area contributed by atoms with E-state index in [4.69, 9.17) is 17.0 Å². The molecule has 0 bridgehead atoms. The summed E-state index contributed by atoms with van der Waals surface area (Å²) in [4.78, 5) is 14.2. The minimum Gasteiger partial charge on any atom is -0.497 e. The Balaban J connectivity index is 1.77. The smallest absolute Gasteiger partial charge is 0.222 e. The Kier molecular flexibility index (Phi) is 6.04. The Morgan fingerprint density at radius 3 is 2.67 bits per heavy atom. The zero-order valence-electron chi connectivity index (χ0n) is 14.9. The normalized spacial score (nSPS) is 19.6. The van der Waals surface area contributed by atoms with Crippen molar-refractivity contribution >= 4 is 23.2 Å². The fourth-order valence-corrected chi connectivity index (χ4v) is 3.59. The average molecular weight is 350 g/mol. The molecular weight excluding hydrogens is 322 g/mol. The number of carbonyl (C=O) groups excluding carboxylic acids is 1. The Bertz CT molecular complexity index is 586. The largest absolute Gasteiger partial charge is 0.497 e. The molecule has 0 unspecified atom stereocenters. The van der Waals surface area contributed by atoms with Crippen LogP contribution in [0, 0.1) is 0 Å². The highest BCUT2D eigenvalue weighted by Crippen LogP contribution is 2.22. The lowest BCUT2D eigenvalue weighted by Crippen LogP contribution is -2.60. The summed E-state index contributed by atoms with van der Waals surface area (Å²) in [5.74, 6) is 0.846. The molecule has 6 heteroatoms. The second-order valence-electron chi connectivity index (χ2n) is 6.94. The first-order valence-electron chi connectivity index (χ1n) is 8.29. The first-order chi connectivity index (χ1) is 11.3. The van der Waals surface area contributed by atoms with E-state index in [1.54, 1.807) is 7.11 Å². The first kappa shape index (κ1) is 18.5. The van der Waals surface area contributed by atoms with E-state index >= 15 is 0 Å². The fourth-order valence-electron chi connectivity index (χ4n) is 3.04. The summed E-state index contributed by atoms with van der Waals surface area (Å²) in [6.45, 7) is 7.61. The van der Waals surface area contributed by atoms with Gasteiger partial charge >= 0.3 is 0 Å². The predicted octanol–water partition coefficient (Wildman–Crippen LogP) is 2.45. The number of benzene rings is 1. The molecule has 5 nitrogen and oxygen atoms in total. The Morgan fingerprint density at radius 1 is 1.42 bits per heavy atom. The van der Waals surface area contributed by atoms with Gasteiger partial charge in [-0.1, -0.05) is 12.1 Å². The van der Waals surface area contributed by atoms with Crippen LogP contribution in [-0.2, 0) is 11.3 Å².